The fourth-order valence-electron chi connectivity index (χ4n) is 2.69. The lowest BCUT2D eigenvalue weighted by Crippen LogP contribution is -2.22. The van der Waals surface area contributed by atoms with Crippen LogP contribution in [0.15, 0.2) is 48.5 Å². The van der Waals surface area contributed by atoms with Crippen molar-refractivity contribution < 1.29 is 14.6 Å². The molecule has 0 saturated carbocycles. The molecule has 3 aromatic rings. The Morgan fingerprint density at radius 1 is 1.16 bits per heavy atom. The van der Waals surface area contributed by atoms with Crippen molar-refractivity contribution in [3.8, 4) is 17.0 Å². The van der Waals surface area contributed by atoms with Gasteiger partial charge in [0, 0.05) is 16.5 Å². The van der Waals surface area contributed by atoms with Crippen molar-refractivity contribution in [2.45, 2.75) is 20.8 Å². The Bertz CT molecular complexity index is 914. The van der Waals surface area contributed by atoms with Crippen LogP contribution in [0.2, 0.25) is 0 Å². The number of aryl methyl sites for hydroxylation is 1. The minimum atomic E-state index is -1.20. The summed E-state index contributed by atoms with van der Waals surface area (Å²) >= 11 is 0. The summed E-state index contributed by atoms with van der Waals surface area (Å²) in [6.45, 7) is 6.76. The maximum absolute atomic E-state index is 11.6. The molecule has 0 amide bonds. The van der Waals surface area contributed by atoms with Gasteiger partial charge in [0.1, 0.15) is 5.75 Å². The Kier molecular flexibility index (Phi) is 4.70. The zero-order valence-corrected chi connectivity index (χ0v) is 14.6. The highest BCUT2D eigenvalue weighted by atomic mass is 16.5. The molecule has 0 fully saturated rings. The number of carbonyl (C=O) groups excluding carboxylic acids is 1. The molecule has 0 aliphatic carbocycles. The summed E-state index contributed by atoms with van der Waals surface area (Å²) in [5.74, 6) is 0.0427. The lowest BCUT2D eigenvalue weighted by atomic mass is 10.0. The average molecular weight is 334 g/mol. The second-order valence-electron chi connectivity index (χ2n) is 6.54. The summed E-state index contributed by atoms with van der Waals surface area (Å²) in [4.78, 5) is 16.2. The van der Waals surface area contributed by atoms with E-state index in [9.17, 15) is 9.90 Å². The molecule has 0 atom stereocenters. The van der Waals surface area contributed by atoms with Crippen LogP contribution in [0.1, 0.15) is 29.8 Å². The zero-order valence-electron chi connectivity index (χ0n) is 14.6. The predicted molar refractivity (Wildman–Crippen MR) is 96.6 cm³/mol. The van der Waals surface area contributed by atoms with Gasteiger partial charge in [-0.3, -0.25) is 0 Å². The fourth-order valence-corrected chi connectivity index (χ4v) is 2.69. The van der Waals surface area contributed by atoms with E-state index in [4.69, 9.17) is 4.74 Å². The lowest BCUT2D eigenvalue weighted by Gasteiger charge is -2.13. The fraction of sp³-hybridized carbons (Fsp3) is 0.238. The molecular weight excluding hydrogens is 314 g/mol. The minimum Gasteiger partial charge on any atom is -0.545 e. The SMILES string of the molecule is Cc1cccc2c(C(=O)[O-])cc(-c3ccc(OCC(C)C)cc3)nc12. The van der Waals surface area contributed by atoms with E-state index in [1.165, 1.54) is 0 Å². The number of hydrogen-bond acceptors (Lipinski definition) is 4. The summed E-state index contributed by atoms with van der Waals surface area (Å²) < 4.78 is 5.69. The van der Waals surface area contributed by atoms with E-state index in [2.05, 4.69) is 18.8 Å². The van der Waals surface area contributed by atoms with Crippen LogP contribution in [0, 0.1) is 12.8 Å². The van der Waals surface area contributed by atoms with E-state index in [0.717, 1.165) is 16.9 Å². The third-order valence-corrected chi connectivity index (χ3v) is 3.99. The van der Waals surface area contributed by atoms with Crippen molar-refractivity contribution in [3.05, 3.63) is 59.7 Å². The zero-order chi connectivity index (χ0) is 18.0. The Labute approximate surface area is 147 Å². The van der Waals surface area contributed by atoms with Gasteiger partial charge in [0.05, 0.1) is 23.8 Å². The molecular formula is C21H20NO3-. The van der Waals surface area contributed by atoms with Gasteiger partial charge in [-0.15, -0.1) is 0 Å². The van der Waals surface area contributed by atoms with E-state index in [1.807, 2.05) is 43.3 Å². The average Bonchev–Trinajstić information content (AvgIpc) is 2.60. The van der Waals surface area contributed by atoms with Crippen LogP contribution in [0.4, 0.5) is 0 Å². The number of ether oxygens (including phenoxy) is 1. The van der Waals surface area contributed by atoms with Crippen LogP contribution in [0.5, 0.6) is 5.75 Å². The van der Waals surface area contributed by atoms with Crippen LogP contribution in [-0.4, -0.2) is 17.6 Å². The van der Waals surface area contributed by atoms with Crippen LogP contribution >= 0.6 is 0 Å². The van der Waals surface area contributed by atoms with Crippen molar-refractivity contribution in [1.82, 2.24) is 4.98 Å². The second kappa shape index (κ2) is 6.93. The first-order chi connectivity index (χ1) is 12.0. The van der Waals surface area contributed by atoms with Gasteiger partial charge in [-0.2, -0.15) is 0 Å². The number of carboxylic acid groups (broad SMARTS) is 1. The smallest absolute Gasteiger partial charge is 0.119 e. The number of carbonyl (C=O) groups is 1. The highest BCUT2D eigenvalue weighted by Gasteiger charge is 2.10. The minimum absolute atomic E-state index is 0.156. The molecule has 0 unspecified atom stereocenters. The summed E-state index contributed by atoms with van der Waals surface area (Å²) in [5, 5.41) is 12.2. The molecule has 0 radical (unpaired) electrons. The van der Waals surface area contributed by atoms with Gasteiger partial charge in [0.15, 0.2) is 0 Å². The van der Waals surface area contributed by atoms with Gasteiger partial charge in [-0.25, -0.2) is 4.98 Å². The van der Waals surface area contributed by atoms with Crippen molar-refractivity contribution >= 4 is 16.9 Å². The van der Waals surface area contributed by atoms with E-state index in [-0.39, 0.29) is 5.56 Å². The number of para-hydroxylation sites is 1. The molecule has 0 N–H and O–H groups in total. The molecule has 4 heteroatoms. The summed E-state index contributed by atoms with van der Waals surface area (Å²) in [6.07, 6.45) is 0. The molecule has 0 spiro atoms. The molecule has 1 aromatic heterocycles. The third kappa shape index (κ3) is 3.63. The number of fused-ring (bicyclic) bond motifs is 1. The largest absolute Gasteiger partial charge is 0.545 e. The Morgan fingerprint density at radius 2 is 1.88 bits per heavy atom. The maximum Gasteiger partial charge on any atom is 0.119 e. The summed E-state index contributed by atoms with van der Waals surface area (Å²) in [7, 11) is 0. The van der Waals surface area contributed by atoms with Crippen LogP contribution < -0.4 is 9.84 Å². The van der Waals surface area contributed by atoms with Crippen LogP contribution in [0.25, 0.3) is 22.2 Å². The molecule has 2 aromatic carbocycles. The van der Waals surface area contributed by atoms with Crippen molar-refractivity contribution in [3.63, 3.8) is 0 Å². The van der Waals surface area contributed by atoms with E-state index >= 15 is 0 Å². The molecule has 4 nitrogen and oxygen atoms in total. The first-order valence-corrected chi connectivity index (χ1v) is 8.30. The first-order valence-electron chi connectivity index (χ1n) is 8.30. The molecule has 3 rings (SSSR count). The normalized spacial score (nSPS) is 11.0. The maximum atomic E-state index is 11.6. The van der Waals surface area contributed by atoms with Gasteiger partial charge in [-0.05, 0) is 48.7 Å². The van der Waals surface area contributed by atoms with Gasteiger partial charge in [0.25, 0.3) is 0 Å². The van der Waals surface area contributed by atoms with Crippen LogP contribution in [0.3, 0.4) is 0 Å². The molecule has 128 valence electrons. The molecule has 0 aliphatic heterocycles. The number of rotatable bonds is 5. The Hall–Kier alpha value is -2.88. The Balaban J connectivity index is 2.03. The highest BCUT2D eigenvalue weighted by Crippen LogP contribution is 2.27. The van der Waals surface area contributed by atoms with E-state index in [1.54, 1.807) is 12.1 Å². The van der Waals surface area contributed by atoms with Crippen LogP contribution in [-0.2, 0) is 0 Å². The topological polar surface area (TPSA) is 62.2 Å². The van der Waals surface area contributed by atoms with Gasteiger partial charge in [0.2, 0.25) is 0 Å². The van der Waals surface area contributed by atoms with Gasteiger partial charge >= 0.3 is 0 Å². The lowest BCUT2D eigenvalue weighted by molar-refractivity contribution is -0.254. The molecule has 0 saturated heterocycles. The second-order valence-corrected chi connectivity index (χ2v) is 6.54. The number of benzene rings is 2. The molecule has 25 heavy (non-hydrogen) atoms. The van der Waals surface area contributed by atoms with Crippen molar-refractivity contribution in [1.29, 1.82) is 0 Å². The number of aromatic nitrogens is 1. The monoisotopic (exact) mass is 334 g/mol. The number of nitrogens with zero attached hydrogens (tertiary/aromatic N) is 1. The number of aromatic carboxylic acids is 1. The number of pyridine rings is 1. The molecule has 0 bridgehead atoms. The van der Waals surface area contributed by atoms with E-state index in [0.29, 0.717) is 29.1 Å². The van der Waals surface area contributed by atoms with E-state index < -0.39 is 5.97 Å². The number of carboxylic acids is 1. The summed E-state index contributed by atoms with van der Waals surface area (Å²) in [5.41, 5.74) is 3.21. The molecule has 1 heterocycles. The third-order valence-electron chi connectivity index (χ3n) is 3.99. The van der Waals surface area contributed by atoms with Crippen molar-refractivity contribution in [2.24, 2.45) is 5.92 Å². The standard InChI is InChI=1S/C21H21NO3/c1-13(2)12-25-16-9-7-15(8-10-16)19-11-18(21(23)24)17-6-4-5-14(3)20(17)22-19/h4-11,13H,12H2,1-3H3,(H,23,24)/p-1. The first kappa shape index (κ1) is 17.0. The Morgan fingerprint density at radius 3 is 2.52 bits per heavy atom. The number of hydrogen-bond donors (Lipinski definition) is 0. The van der Waals surface area contributed by atoms with Gasteiger partial charge in [-0.1, -0.05) is 32.0 Å². The molecule has 0 aliphatic rings. The van der Waals surface area contributed by atoms with Crippen molar-refractivity contribution in [2.75, 3.05) is 6.61 Å². The highest BCUT2D eigenvalue weighted by molar-refractivity contribution is 6.03. The van der Waals surface area contributed by atoms with Gasteiger partial charge < -0.3 is 14.6 Å². The predicted octanol–water partition coefficient (Wildman–Crippen LogP) is 3.61. The summed E-state index contributed by atoms with van der Waals surface area (Å²) in [6, 6.07) is 14.6. The quantitative estimate of drug-likeness (QED) is 0.715.